The minimum Gasteiger partial charge on any atom is -0.494 e. The molecule has 4 aromatic rings. The second-order valence-electron chi connectivity index (χ2n) is 6.07. The molecule has 2 aromatic heterocycles. The van der Waals surface area contributed by atoms with Gasteiger partial charge >= 0.3 is 0 Å². The Morgan fingerprint density at radius 2 is 2.00 bits per heavy atom. The highest BCUT2D eigenvalue weighted by atomic mass is 32.1. The van der Waals surface area contributed by atoms with Crippen molar-refractivity contribution < 1.29 is 9.53 Å². The highest BCUT2D eigenvalue weighted by molar-refractivity contribution is 7.19. The lowest BCUT2D eigenvalue weighted by Crippen LogP contribution is -2.12. The molecule has 0 saturated carbocycles. The van der Waals surface area contributed by atoms with Crippen LogP contribution in [-0.2, 0) is 6.42 Å². The van der Waals surface area contributed by atoms with Crippen molar-refractivity contribution in [1.82, 2.24) is 19.8 Å². The monoisotopic (exact) mass is 393 g/mol. The molecule has 0 saturated heterocycles. The fraction of sp³-hybridized carbons (Fsp3) is 0.200. The van der Waals surface area contributed by atoms with Crippen molar-refractivity contribution in [3.8, 4) is 16.3 Å². The van der Waals surface area contributed by atoms with Gasteiger partial charge < -0.3 is 10.1 Å². The van der Waals surface area contributed by atoms with Gasteiger partial charge in [0.05, 0.1) is 6.61 Å². The summed E-state index contributed by atoms with van der Waals surface area (Å²) in [6, 6.07) is 14.7. The SMILES string of the molecule is CCOc1cccc(C(=O)Nc2cccc(-c3nn4c(CC)nnc4s3)c2)c1. The third-order valence-electron chi connectivity index (χ3n) is 4.15. The van der Waals surface area contributed by atoms with Gasteiger partial charge in [0, 0.05) is 23.2 Å². The topological polar surface area (TPSA) is 81.4 Å². The van der Waals surface area contributed by atoms with Crippen LogP contribution in [0.15, 0.2) is 48.5 Å². The zero-order valence-electron chi connectivity index (χ0n) is 15.5. The van der Waals surface area contributed by atoms with E-state index in [-0.39, 0.29) is 5.91 Å². The van der Waals surface area contributed by atoms with Gasteiger partial charge in [-0.05, 0) is 37.3 Å². The van der Waals surface area contributed by atoms with Crippen LogP contribution < -0.4 is 10.1 Å². The summed E-state index contributed by atoms with van der Waals surface area (Å²) in [7, 11) is 0. The van der Waals surface area contributed by atoms with E-state index in [1.54, 1.807) is 22.7 Å². The number of fused-ring (bicyclic) bond motifs is 1. The van der Waals surface area contributed by atoms with Gasteiger partial charge in [-0.3, -0.25) is 4.79 Å². The largest absolute Gasteiger partial charge is 0.494 e. The summed E-state index contributed by atoms with van der Waals surface area (Å²) >= 11 is 1.47. The molecule has 8 heteroatoms. The number of rotatable bonds is 6. The van der Waals surface area contributed by atoms with E-state index < -0.39 is 0 Å². The van der Waals surface area contributed by atoms with Crippen LogP contribution in [0.1, 0.15) is 30.0 Å². The zero-order chi connectivity index (χ0) is 19.5. The number of ether oxygens (including phenoxy) is 1. The molecule has 0 spiro atoms. The van der Waals surface area contributed by atoms with Gasteiger partial charge in [-0.1, -0.05) is 36.5 Å². The lowest BCUT2D eigenvalue weighted by Gasteiger charge is -2.08. The Balaban J connectivity index is 1.57. The van der Waals surface area contributed by atoms with Gasteiger partial charge in [0.15, 0.2) is 5.82 Å². The number of carbonyl (C=O) groups is 1. The molecule has 2 heterocycles. The predicted octanol–water partition coefficient (Wildman–Crippen LogP) is 4.07. The molecule has 0 aliphatic heterocycles. The molecule has 0 aliphatic rings. The first-order valence-electron chi connectivity index (χ1n) is 9.03. The third kappa shape index (κ3) is 3.59. The number of aromatic nitrogens is 4. The Bertz CT molecular complexity index is 1130. The second-order valence-corrected chi connectivity index (χ2v) is 7.02. The normalized spacial score (nSPS) is 10.9. The van der Waals surface area contributed by atoms with Crippen molar-refractivity contribution >= 4 is 27.9 Å². The van der Waals surface area contributed by atoms with E-state index in [9.17, 15) is 4.79 Å². The Kier molecular flexibility index (Phi) is 5.03. The number of amides is 1. The van der Waals surface area contributed by atoms with Gasteiger partial charge in [-0.2, -0.15) is 9.61 Å². The van der Waals surface area contributed by atoms with Crippen LogP contribution in [0, 0.1) is 0 Å². The van der Waals surface area contributed by atoms with E-state index in [4.69, 9.17) is 4.74 Å². The maximum Gasteiger partial charge on any atom is 0.255 e. The summed E-state index contributed by atoms with van der Waals surface area (Å²) in [5.74, 6) is 1.32. The van der Waals surface area contributed by atoms with E-state index >= 15 is 0 Å². The second kappa shape index (κ2) is 7.77. The van der Waals surface area contributed by atoms with E-state index in [0.717, 1.165) is 27.8 Å². The third-order valence-corrected chi connectivity index (χ3v) is 5.09. The van der Waals surface area contributed by atoms with E-state index in [0.29, 0.717) is 23.6 Å². The number of hydrogen-bond donors (Lipinski definition) is 1. The highest BCUT2D eigenvalue weighted by Gasteiger charge is 2.13. The van der Waals surface area contributed by atoms with Gasteiger partial charge in [0.2, 0.25) is 4.96 Å². The van der Waals surface area contributed by atoms with Crippen LogP contribution in [0.2, 0.25) is 0 Å². The van der Waals surface area contributed by atoms with Gasteiger partial charge in [-0.15, -0.1) is 10.2 Å². The van der Waals surface area contributed by atoms with E-state index in [1.165, 1.54) is 11.3 Å². The minimum atomic E-state index is -0.190. The maximum atomic E-state index is 12.6. The molecule has 1 N–H and O–H groups in total. The van der Waals surface area contributed by atoms with Crippen LogP contribution in [-0.4, -0.2) is 32.3 Å². The Labute approximate surface area is 166 Å². The summed E-state index contributed by atoms with van der Waals surface area (Å²) in [4.78, 5) is 13.4. The minimum absolute atomic E-state index is 0.190. The molecule has 28 heavy (non-hydrogen) atoms. The summed E-state index contributed by atoms with van der Waals surface area (Å²) in [5.41, 5.74) is 2.16. The summed E-state index contributed by atoms with van der Waals surface area (Å²) in [5, 5.41) is 16.6. The number of nitrogens with one attached hydrogen (secondary N) is 1. The molecule has 4 rings (SSSR count). The standard InChI is InChI=1S/C20H19N5O2S/c1-3-17-22-23-20-25(17)24-19(28-20)14-8-5-9-15(11-14)21-18(26)13-7-6-10-16(12-13)27-4-2/h5-12H,3-4H2,1-2H3,(H,21,26). The summed E-state index contributed by atoms with van der Waals surface area (Å²) < 4.78 is 7.23. The molecule has 0 radical (unpaired) electrons. The lowest BCUT2D eigenvalue weighted by atomic mass is 10.1. The fourth-order valence-electron chi connectivity index (χ4n) is 2.82. The van der Waals surface area contributed by atoms with Gasteiger partial charge in [0.1, 0.15) is 10.8 Å². The molecule has 2 aromatic carbocycles. The van der Waals surface area contributed by atoms with Crippen molar-refractivity contribution in [2.45, 2.75) is 20.3 Å². The average molecular weight is 393 g/mol. The van der Waals surface area contributed by atoms with Crippen LogP contribution in [0.3, 0.4) is 0 Å². The molecular formula is C20H19N5O2S. The number of benzene rings is 2. The predicted molar refractivity (Wildman–Crippen MR) is 109 cm³/mol. The van der Waals surface area contributed by atoms with Gasteiger partial charge in [0.25, 0.3) is 5.91 Å². The van der Waals surface area contributed by atoms with Crippen LogP contribution >= 0.6 is 11.3 Å². The molecule has 0 fully saturated rings. The smallest absolute Gasteiger partial charge is 0.255 e. The zero-order valence-corrected chi connectivity index (χ0v) is 16.4. The van der Waals surface area contributed by atoms with E-state index in [1.807, 2.05) is 44.2 Å². The molecule has 1 amide bonds. The maximum absolute atomic E-state index is 12.6. The highest BCUT2D eigenvalue weighted by Crippen LogP contribution is 2.27. The average Bonchev–Trinajstić information content (AvgIpc) is 3.29. The van der Waals surface area contributed by atoms with Crippen LogP contribution in [0.4, 0.5) is 5.69 Å². The number of nitrogens with zero attached hydrogens (tertiary/aromatic N) is 4. The first-order valence-corrected chi connectivity index (χ1v) is 9.85. The van der Waals surface area contributed by atoms with Gasteiger partial charge in [-0.25, -0.2) is 0 Å². The Morgan fingerprint density at radius 1 is 1.14 bits per heavy atom. The number of aryl methyl sites for hydroxylation is 1. The first kappa shape index (κ1) is 18.1. The summed E-state index contributed by atoms with van der Waals surface area (Å²) in [6.07, 6.45) is 0.765. The molecule has 0 atom stereocenters. The molecule has 0 aliphatic carbocycles. The molecule has 142 valence electrons. The van der Waals surface area contributed by atoms with Crippen LogP contribution in [0.25, 0.3) is 15.5 Å². The molecule has 7 nitrogen and oxygen atoms in total. The van der Waals surface area contributed by atoms with Crippen molar-refractivity contribution in [2.24, 2.45) is 0 Å². The quantitative estimate of drug-likeness (QED) is 0.534. The molecule has 0 bridgehead atoms. The van der Waals surface area contributed by atoms with E-state index in [2.05, 4.69) is 20.6 Å². The molecular weight excluding hydrogens is 374 g/mol. The Morgan fingerprint density at radius 3 is 2.82 bits per heavy atom. The fourth-order valence-corrected chi connectivity index (χ4v) is 3.68. The van der Waals surface area contributed by atoms with Crippen molar-refractivity contribution in [3.63, 3.8) is 0 Å². The molecule has 0 unspecified atom stereocenters. The number of hydrogen-bond acceptors (Lipinski definition) is 6. The van der Waals surface area contributed by atoms with Crippen molar-refractivity contribution in [1.29, 1.82) is 0 Å². The first-order chi connectivity index (χ1) is 13.7. The number of anilines is 1. The number of carbonyl (C=O) groups excluding carboxylic acids is 1. The summed E-state index contributed by atoms with van der Waals surface area (Å²) in [6.45, 7) is 4.49. The van der Waals surface area contributed by atoms with Crippen molar-refractivity contribution in [2.75, 3.05) is 11.9 Å². The Hall–Kier alpha value is -3.26. The van der Waals surface area contributed by atoms with Crippen molar-refractivity contribution in [3.05, 3.63) is 59.9 Å². The van der Waals surface area contributed by atoms with Crippen LogP contribution in [0.5, 0.6) is 5.75 Å². The lowest BCUT2D eigenvalue weighted by molar-refractivity contribution is 0.102.